The first-order valence-electron chi connectivity index (χ1n) is 26.5. The van der Waals surface area contributed by atoms with Gasteiger partial charge in [0.05, 0.1) is 11.2 Å². The SMILES string of the molecule is c1ccc(-c2ccc(N3c4cc5ccc6ccccc6c5cc4B4c5cc6c(ccc7ccccc76)cc5N(c5ccc(-c6ccccc6)cc5)c5cc(-c6nc(-c7ccccc7)nc7ccccc67)cc3c54)cc2)cc1. The van der Waals surface area contributed by atoms with E-state index in [1.807, 2.05) is 6.07 Å². The predicted molar refractivity (Wildman–Crippen MR) is 325 cm³/mol. The Hall–Kier alpha value is -10.1. The van der Waals surface area contributed by atoms with E-state index in [-0.39, 0.29) is 6.71 Å². The maximum Gasteiger partial charge on any atom is 0.252 e. The van der Waals surface area contributed by atoms with Crippen LogP contribution in [0.4, 0.5) is 34.1 Å². The summed E-state index contributed by atoms with van der Waals surface area (Å²) in [6.45, 7) is -0.146. The number of benzene rings is 13. The van der Waals surface area contributed by atoms with Gasteiger partial charge < -0.3 is 9.80 Å². The summed E-state index contributed by atoms with van der Waals surface area (Å²) in [6.07, 6.45) is 0. The number of anilines is 6. The highest BCUT2D eigenvalue weighted by molar-refractivity contribution is 7.00. The van der Waals surface area contributed by atoms with E-state index in [0.29, 0.717) is 5.82 Å². The molecule has 0 N–H and O–H groups in total. The van der Waals surface area contributed by atoms with Gasteiger partial charge in [-0.2, -0.15) is 0 Å². The van der Waals surface area contributed by atoms with Crippen molar-refractivity contribution in [1.29, 1.82) is 0 Å². The molecule has 77 heavy (non-hydrogen) atoms. The number of hydrogen-bond donors (Lipinski definition) is 0. The van der Waals surface area contributed by atoms with Crippen molar-refractivity contribution in [3.05, 3.63) is 273 Å². The third kappa shape index (κ3) is 6.94. The summed E-state index contributed by atoms with van der Waals surface area (Å²) in [7, 11) is 0. The number of para-hydroxylation sites is 1. The molecule has 0 bridgehead atoms. The molecule has 3 heterocycles. The van der Waals surface area contributed by atoms with Gasteiger partial charge >= 0.3 is 0 Å². The second-order valence-electron chi connectivity index (χ2n) is 20.5. The van der Waals surface area contributed by atoms with E-state index in [4.69, 9.17) is 9.97 Å². The molecule has 0 amide bonds. The lowest BCUT2D eigenvalue weighted by Gasteiger charge is -2.44. The maximum absolute atomic E-state index is 5.57. The number of rotatable bonds is 6. The van der Waals surface area contributed by atoms with Gasteiger partial charge in [-0.15, -0.1) is 0 Å². The Balaban J connectivity index is 1.05. The van der Waals surface area contributed by atoms with Crippen LogP contribution in [0.25, 0.3) is 98.9 Å². The van der Waals surface area contributed by atoms with Crippen LogP contribution in [0.5, 0.6) is 0 Å². The van der Waals surface area contributed by atoms with Crippen molar-refractivity contribution in [2.75, 3.05) is 9.80 Å². The van der Waals surface area contributed by atoms with Crippen LogP contribution in [0.1, 0.15) is 0 Å². The van der Waals surface area contributed by atoms with E-state index in [1.54, 1.807) is 0 Å². The molecular weight excluding hydrogens is 932 g/mol. The summed E-state index contributed by atoms with van der Waals surface area (Å²) >= 11 is 0. The Labute approximate surface area is 446 Å². The van der Waals surface area contributed by atoms with Crippen molar-refractivity contribution in [2.45, 2.75) is 0 Å². The molecule has 14 aromatic rings. The van der Waals surface area contributed by atoms with Crippen molar-refractivity contribution < 1.29 is 0 Å². The van der Waals surface area contributed by atoms with Crippen LogP contribution in [-0.2, 0) is 0 Å². The third-order valence-corrected chi connectivity index (χ3v) is 16.2. The summed E-state index contributed by atoms with van der Waals surface area (Å²) in [5.74, 6) is 0.693. The summed E-state index contributed by atoms with van der Waals surface area (Å²) < 4.78 is 0. The number of aromatic nitrogens is 2. The van der Waals surface area contributed by atoms with Gasteiger partial charge in [-0.05, 0) is 136 Å². The average Bonchev–Trinajstić information content (AvgIpc) is 3.69. The third-order valence-electron chi connectivity index (χ3n) is 16.2. The Morgan fingerprint density at radius 3 is 1.19 bits per heavy atom. The Morgan fingerprint density at radius 2 is 0.688 bits per heavy atom. The average molecular weight is 977 g/mol. The molecule has 2 aliphatic heterocycles. The molecule has 0 atom stereocenters. The largest absolute Gasteiger partial charge is 0.311 e. The van der Waals surface area contributed by atoms with E-state index in [9.17, 15) is 0 Å². The van der Waals surface area contributed by atoms with Crippen LogP contribution in [0.3, 0.4) is 0 Å². The second-order valence-corrected chi connectivity index (χ2v) is 20.5. The van der Waals surface area contributed by atoms with Crippen LogP contribution >= 0.6 is 0 Å². The number of nitrogens with zero attached hydrogens (tertiary/aromatic N) is 4. The lowest BCUT2D eigenvalue weighted by molar-refractivity contribution is 1.22. The summed E-state index contributed by atoms with van der Waals surface area (Å²) in [5.41, 5.74) is 18.9. The predicted octanol–water partition coefficient (Wildman–Crippen LogP) is 17.0. The van der Waals surface area contributed by atoms with Gasteiger partial charge in [0.25, 0.3) is 6.71 Å². The Morgan fingerprint density at radius 1 is 0.273 bits per heavy atom. The van der Waals surface area contributed by atoms with E-state index >= 15 is 0 Å². The molecule has 13 aromatic carbocycles. The monoisotopic (exact) mass is 976 g/mol. The first-order chi connectivity index (χ1) is 38.2. The van der Waals surface area contributed by atoms with Crippen LogP contribution in [0.15, 0.2) is 273 Å². The zero-order valence-corrected chi connectivity index (χ0v) is 41.8. The highest BCUT2D eigenvalue weighted by atomic mass is 15.2. The first-order valence-corrected chi connectivity index (χ1v) is 26.5. The first kappa shape index (κ1) is 43.3. The van der Waals surface area contributed by atoms with Crippen molar-refractivity contribution in [3.63, 3.8) is 0 Å². The smallest absolute Gasteiger partial charge is 0.252 e. The van der Waals surface area contributed by atoms with E-state index in [0.717, 1.165) is 61.8 Å². The molecule has 0 radical (unpaired) electrons. The fourth-order valence-corrected chi connectivity index (χ4v) is 12.6. The van der Waals surface area contributed by atoms with Gasteiger partial charge in [-0.3, -0.25) is 0 Å². The number of hydrogen-bond acceptors (Lipinski definition) is 4. The van der Waals surface area contributed by atoms with Gasteiger partial charge in [0, 0.05) is 50.6 Å². The second kappa shape index (κ2) is 17.2. The zero-order valence-electron chi connectivity index (χ0n) is 41.8. The van der Waals surface area contributed by atoms with E-state index < -0.39 is 0 Å². The molecule has 0 saturated carbocycles. The fourth-order valence-electron chi connectivity index (χ4n) is 12.6. The fraction of sp³-hybridized carbons (Fsp3) is 0. The summed E-state index contributed by atoms with van der Waals surface area (Å²) in [4.78, 5) is 15.9. The van der Waals surface area contributed by atoms with E-state index in [1.165, 1.54) is 81.7 Å². The van der Waals surface area contributed by atoms with Gasteiger partial charge in [0.1, 0.15) is 0 Å². The lowest BCUT2D eigenvalue weighted by atomic mass is 9.33. The van der Waals surface area contributed by atoms with Gasteiger partial charge in [0.15, 0.2) is 5.82 Å². The molecule has 0 unspecified atom stereocenters. The molecule has 16 rings (SSSR count). The number of fused-ring (bicyclic) bond motifs is 11. The van der Waals surface area contributed by atoms with Crippen molar-refractivity contribution in [2.24, 2.45) is 0 Å². The molecule has 0 fully saturated rings. The molecular formula is C72H45BN4. The molecule has 0 aliphatic carbocycles. The quantitative estimate of drug-likeness (QED) is 0.123. The van der Waals surface area contributed by atoms with Crippen LogP contribution in [-0.4, -0.2) is 16.7 Å². The standard InChI is InChI=1S/C72H45BN4/c1-4-16-46(17-5-1)48-32-36-56(37-33-48)76-66-40-53-30-28-50-20-10-12-24-58(50)61(53)44-63(66)73-64-45-62-54(31-29-51-21-11-13-25-59(51)62)41-67(64)77(57-38-34-49(35-39-57)47-18-6-2-7-19-47)69-43-55(42-68(76)70(69)73)71-60-26-14-15-27-65(60)74-72(75-71)52-22-8-3-9-23-52/h1-45H. The van der Waals surface area contributed by atoms with Gasteiger partial charge in [-0.1, -0.05) is 218 Å². The summed E-state index contributed by atoms with van der Waals surface area (Å²) in [5, 5.41) is 10.8. The van der Waals surface area contributed by atoms with Crippen LogP contribution in [0.2, 0.25) is 0 Å². The highest BCUT2D eigenvalue weighted by Gasteiger charge is 2.44. The highest BCUT2D eigenvalue weighted by Crippen LogP contribution is 2.49. The molecule has 0 spiro atoms. The van der Waals surface area contributed by atoms with Gasteiger partial charge in [-0.25, -0.2) is 9.97 Å². The minimum absolute atomic E-state index is 0.146. The Kier molecular flexibility index (Phi) is 9.70. The molecule has 356 valence electrons. The van der Waals surface area contributed by atoms with Crippen molar-refractivity contribution >= 4 is 111 Å². The maximum atomic E-state index is 5.57. The molecule has 5 heteroatoms. The minimum atomic E-state index is -0.146. The lowest BCUT2D eigenvalue weighted by Crippen LogP contribution is -2.61. The van der Waals surface area contributed by atoms with Crippen molar-refractivity contribution in [3.8, 4) is 44.9 Å². The zero-order chi connectivity index (χ0) is 50.6. The van der Waals surface area contributed by atoms with Crippen molar-refractivity contribution in [1.82, 2.24) is 9.97 Å². The van der Waals surface area contributed by atoms with Crippen LogP contribution in [0, 0.1) is 0 Å². The Bertz CT molecular complexity index is 4440. The topological polar surface area (TPSA) is 32.3 Å². The van der Waals surface area contributed by atoms with Crippen LogP contribution < -0.4 is 26.2 Å². The summed E-state index contributed by atoms with van der Waals surface area (Å²) in [6, 6.07) is 100. The molecule has 4 nitrogen and oxygen atoms in total. The molecule has 2 aliphatic rings. The molecule has 0 saturated heterocycles. The normalized spacial score (nSPS) is 12.6. The minimum Gasteiger partial charge on any atom is -0.311 e. The van der Waals surface area contributed by atoms with Gasteiger partial charge in [0.2, 0.25) is 0 Å². The van der Waals surface area contributed by atoms with E-state index in [2.05, 4.69) is 277 Å². The molecule has 1 aromatic heterocycles.